The van der Waals surface area contributed by atoms with Gasteiger partial charge in [0.05, 0.1) is 12.7 Å². The molecular formula is C12H15O4S-. The SMILES string of the molecule is CCCOc1ccc(S(=O)[O-])c2c1CCC2O. The van der Waals surface area contributed by atoms with Gasteiger partial charge in [-0.2, -0.15) is 0 Å². The first kappa shape index (κ1) is 12.5. The molecule has 1 aromatic carbocycles. The van der Waals surface area contributed by atoms with Crippen LogP contribution in [0.2, 0.25) is 0 Å². The van der Waals surface area contributed by atoms with Crippen molar-refractivity contribution >= 4 is 11.1 Å². The summed E-state index contributed by atoms with van der Waals surface area (Å²) in [5.74, 6) is 0.701. The molecule has 0 saturated carbocycles. The van der Waals surface area contributed by atoms with Crippen LogP contribution in [0.4, 0.5) is 0 Å². The minimum atomic E-state index is -2.31. The van der Waals surface area contributed by atoms with Gasteiger partial charge in [-0.3, -0.25) is 4.21 Å². The summed E-state index contributed by atoms with van der Waals surface area (Å²) in [7, 11) is 0. The van der Waals surface area contributed by atoms with E-state index in [1.807, 2.05) is 6.92 Å². The fraction of sp³-hybridized carbons (Fsp3) is 0.500. The fourth-order valence-electron chi connectivity index (χ4n) is 2.16. The molecule has 1 aromatic rings. The second-order valence-corrected chi connectivity index (χ2v) is 5.00. The standard InChI is InChI=1S/C12H16O4S/c1-2-7-16-10-5-6-11(17(14)15)12-8(10)3-4-9(12)13/h5-6,9,13H,2-4,7H2,1H3,(H,14,15)/p-1. The summed E-state index contributed by atoms with van der Waals surface area (Å²) in [5.41, 5.74) is 1.36. The number of aliphatic hydroxyl groups excluding tert-OH is 1. The van der Waals surface area contributed by atoms with Crippen LogP contribution in [0.3, 0.4) is 0 Å². The zero-order valence-corrected chi connectivity index (χ0v) is 10.5. The Hall–Kier alpha value is -0.910. The molecule has 0 fully saturated rings. The maximum atomic E-state index is 11.1. The molecule has 0 saturated heterocycles. The Morgan fingerprint density at radius 3 is 3.00 bits per heavy atom. The molecule has 17 heavy (non-hydrogen) atoms. The molecule has 0 bridgehead atoms. The number of fused-ring (bicyclic) bond motifs is 1. The second-order valence-electron chi connectivity index (χ2n) is 4.09. The normalized spacial score (nSPS) is 20.1. The van der Waals surface area contributed by atoms with Crippen LogP contribution in [0.15, 0.2) is 17.0 Å². The van der Waals surface area contributed by atoms with E-state index >= 15 is 0 Å². The smallest absolute Gasteiger partial charge is 0.122 e. The van der Waals surface area contributed by atoms with Crippen LogP contribution in [0, 0.1) is 0 Å². The molecule has 0 radical (unpaired) electrons. The van der Waals surface area contributed by atoms with Crippen molar-refractivity contribution in [3.05, 3.63) is 23.3 Å². The molecule has 1 aliphatic rings. The lowest BCUT2D eigenvalue weighted by molar-refractivity contribution is 0.177. The molecule has 5 heteroatoms. The Kier molecular flexibility index (Phi) is 3.81. The predicted octanol–water partition coefficient (Wildman–Crippen LogP) is 1.69. The van der Waals surface area contributed by atoms with E-state index in [-0.39, 0.29) is 4.90 Å². The summed E-state index contributed by atoms with van der Waals surface area (Å²) in [6.07, 6.45) is 1.43. The lowest BCUT2D eigenvalue weighted by Gasteiger charge is -2.16. The van der Waals surface area contributed by atoms with Crippen LogP contribution in [-0.4, -0.2) is 20.5 Å². The van der Waals surface area contributed by atoms with Crippen LogP contribution in [0.25, 0.3) is 0 Å². The minimum Gasteiger partial charge on any atom is -0.768 e. The van der Waals surface area contributed by atoms with Gasteiger partial charge >= 0.3 is 0 Å². The van der Waals surface area contributed by atoms with E-state index in [9.17, 15) is 13.9 Å². The highest BCUT2D eigenvalue weighted by Crippen LogP contribution is 2.40. The van der Waals surface area contributed by atoms with Gasteiger partial charge in [0.25, 0.3) is 0 Å². The van der Waals surface area contributed by atoms with Gasteiger partial charge in [-0.25, -0.2) is 0 Å². The minimum absolute atomic E-state index is 0.189. The molecule has 1 aliphatic carbocycles. The first-order valence-electron chi connectivity index (χ1n) is 5.71. The van der Waals surface area contributed by atoms with Gasteiger partial charge in [-0.1, -0.05) is 6.92 Å². The fourth-order valence-corrected chi connectivity index (χ4v) is 2.78. The van der Waals surface area contributed by atoms with E-state index in [1.165, 1.54) is 6.07 Å². The van der Waals surface area contributed by atoms with Gasteiger partial charge in [0, 0.05) is 16.0 Å². The zero-order valence-electron chi connectivity index (χ0n) is 9.64. The third-order valence-electron chi connectivity index (χ3n) is 2.92. The highest BCUT2D eigenvalue weighted by atomic mass is 32.2. The highest BCUT2D eigenvalue weighted by Gasteiger charge is 2.27. The number of aliphatic hydroxyl groups is 1. The van der Waals surface area contributed by atoms with Crippen molar-refractivity contribution in [2.75, 3.05) is 6.61 Å². The van der Waals surface area contributed by atoms with E-state index in [4.69, 9.17) is 4.74 Å². The number of hydrogen-bond donors (Lipinski definition) is 1. The molecular weight excluding hydrogens is 240 g/mol. The third-order valence-corrected chi connectivity index (χ3v) is 3.63. The lowest BCUT2D eigenvalue weighted by atomic mass is 10.1. The van der Waals surface area contributed by atoms with E-state index < -0.39 is 17.2 Å². The average molecular weight is 255 g/mol. The van der Waals surface area contributed by atoms with Crippen LogP contribution < -0.4 is 4.74 Å². The Labute approximate surface area is 103 Å². The van der Waals surface area contributed by atoms with Crippen molar-refractivity contribution in [1.29, 1.82) is 0 Å². The maximum absolute atomic E-state index is 11.1. The van der Waals surface area contributed by atoms with Gasteiger partial charge < -0.3 is 14.4 Å². The van der Waals surface area contributed by atoms with Crippen molar-refractivity contribution in [2.45, 2.75) is 37.2 Å². The van der Waals surface area contributed by atoms with Crippen molar-refractivity contribution in [1.82, 2.24) is 0 Å². The topological polar surface area (TPSA) is 69.6 Å². The van der Waals surface area contributed by atoms with Gasteiger partial charge in [0.1, 0.15) is 5.75 Å². The summed E-state index contributed by atoms with van der Waals surface area (Å²) in [4.78, 5) is 0.189. The molecule has 0 aromatic heterocycles. The molecule has 0 aliphatic heterocycles. The quantitative estimate of drug-likeness (QED) is 0.831. The second kappa shape index (κ2) is 5.16. The molecule has 1 N–H and O–H groups in total. The zero-order chi connectivity index (χ0) is 12.4. The van der Waals surface area contributed by atoms with Crippen LogP contribution in [0.1, 0.15) is 37.0 Å². The monoisotopic (exact) mass is 255 g/mol. The average Bonchev–Trinajstić information content (AvgIpc) is 2.69. The third kappa shape index (κ3) is 2.36. The Bertz CT molecular complexity index is 444. The molecule has 0 amide bonds. The highest BCUT2D eigenvalue weighted by molar-refractivity contribution is 7.79. The largest absolute Gasteiger partial charge is 0.768 e. The maximum Gasteiger partial charge on any atom is 0.122 e. The summed E-state index contributed by atoms with van der Waals surface area (Å²) in [5, 5.41) is 9.83. The van der Waals surface area contributed by atoms with Gasteiger partial charge in [-0.05, 0) is 42.5 Å². The summed E-state index contributed by atoms with van der Waals surface area (Å²) in [6.45, 7) is 2.61. The molecule has 2 atom stereocenters. The molecule has 0 spiro atoms. The van der Waals surface area contributed by atoms with Crippen molar-refractivity contribution in [2.24, 2.45) is 0 Å². The van der Waals surface area contributed by atoms with E-state index in [1.54, 1.807) is 6.07 Å². The summed E-state index contributed by atoms with van der Waals surface area (Å²) < 4.78 is 27.7. The number of rotatable bonds is 4. The molecule has 94 valence electrons. The first-order chi connectivity index (χ1) is 8.15. The summed E-state index contributed by atoms with van der Waals surface area (Å²) >= 11 is -2.31. The van der Waals surface area contributed by atoms with E-state index in [0.717, 1.165) is 12.0 Å². The van der Waals surface area contributed by atoms with E-state index in [0.29, 0.717) is 30.8 Å². The van der Waals surface area contributed by atoms with Crippen molar-refractivity contribution in [3.63, 3.8) is 0 Å². The number of ether oxygens (including phenoxy) is 1. The Morgan fingerprint density at radius 2 is 2.35 bits per heavy atom. The van der Waals surface area contributed by atoms with E-state index in [2.05, 4.69) is 0 Å². The Balaban J connectivity index is 2.44. The van der Waals surface area contributed by atoms with Gasteiger partial charge in [0.2, 0.25) is 0 Å². The lowest BCUT2D eigenvalue weighted by Crippen LogP contribution is -2.03. The first-order valence-corrected chi connectivity index (χ1v) is 6.78. The number of benzene rings is 1. The van der Waals surface area contributed by atoms with Crippen LogP contribution in [0.5, 0.6) is 5.75 Å². The number of hydrogen-bond acceptors (Lipinski definition) is 4. The Morgan fingerprint density at radius 1 is 1.59 bits per heavy atom. The van der Waals surface area contributed by atoms with Crippen LogP contribution in [-0.2, 0) is 17.5 Å². The van der Waals surface area contributed by atoms with Crippen molar-refractivity contribution < 1.29 is 18.6 Å². The molecule has 4 nitrogen and oxygen atoms in total. The summed E-state index contributed by atoms with van der Waals surface area (Å²) in [6, 6.07) is 3.18. The van der Waals surface area contributed by atoms with Crippen molar-refractivity contribution in [3.8, 4) is 5.75 Å². The van der Waals surface area contributed by atoms with Gasteiger partial charge in [0.15, 0.2) is 0 Å². The van der Waals surface area contributed by atoms with Crippen LogP contribution >= 0.6 is 0 Å². The van der Waals surface area contributed by atoms with Gasteiger partial charge in [-0.15, -0.1) is 0 Å². The molecule has 2 unspecified atom stereocenters. The molecule has 0 heterocycles. The molecule has 2 rings (SSSR count). The predicted molar refractivity (Wildman–Crippen MR) is 62.7 cm³/mol.